The lowest BCUT2D eigenvalue weighted by molar-refractivity contribution is -0.394. The molecule has 0 spiro atoms. The number of nitro benzene ring substituents is 2. The lowest BCUT2D eigenvalue weighted by Gasteiger charge is -2.26. The fourth-order valence-electron chi connectivity index (χ4n) is 2.46. The Kier molecular flexibility index (Phi) is 5.77. The maximum Gasteiger partial charge on any atom is 0.279 e. The minimum Gasteiger partial charge on any atom is -0.379 e. The lowest BCUT2D eigenvalue weighted by atomic mass is 10.0. The molecule has 0 aromatic heterocycles. The van der Waals surface area contributed by atoms with Gasteiger partial charge in [0.1, 0.15) is 0 Å². The zero-order chi connectivity index (χ0) is 17.7. The van der Waals surface area contributed by atoms with Gasteiger partial charge >= 0.3 is 0 Å². The van der Waals surface area contributed by atoms with Crippen LogP contribution in [0.15, 0.2) is 12.1 Å². The van der Waals surface area contributed by atoms with E-state index >= 15 is 0 Å². The Morgan fingerprint density at radius 1 is 1.25 bits per heavy atom. The summed E-state index contributed by atoms with van der Waals surface area (Å²) < 4.78 is 5.23. The second-order valence-corrected chi connectivity index (χ2v) is 5.36. The van der Waals surface area contributed by atoms with Crippen LogP contribution in [0.2, 0.25) is 0 Å². The van der Waals surface area contributed by atoms with Gasteiger partial charge in [-0.05, 0) is 6.92 Å². The summed E-state index contributed by atoms with van der Waals surface area (Å²) in [7, 11) is 0. The lowest BCUT2D eigenvalue weighted by Crippen LogP contribution is -2.41. The average Bonchev–Trinajstić information content (AvgIpc) is 2.55. The van der Waals surface area contributed by atoms with E-state index in [1.165, 1.54) is 6.92 Å². The third-order valence-electron chi connectivity index (χ3n) is 3.83. The van der Waals surface area contributed by atoms with Gasteiger partial charge in [-0.2, -0.15) is 0 Å². The van der Waals surface area contributed by atoms with Crippen molar-refractivity contribution < 1.29 is 19.4 Å². The molecule has 1 saturated heterocycles. The topological polar surface area (TPSA) is 128 Å². The fraction of sp³-hybridized carbons (Fsp3) is 0.500. The first-order chi connectivity index (χ1) is 11.4. The third-order valence-corrected chi connectivity index (χ3v) is 3.83. The van der Waals surface area contributed by atoms with E-state index in [2.05, 4.69) is 10.2 Å². The van der Waals surface area contributed by atoms with Crippen molar-refractivity contribution in [1.82, 2.24) is 10.2 Å². The smallest absolute Gasteiger partial charge is 0.279 e. The summed E-state index contributed by atoms with van der Waals surface area (Å²) in [6.07, 6.45) is 0. The summed E-state index contributed by atoms with van der Waals surface area (Å²) in [5, 5.41) is 24.6. The molecule has 0 bridgehead atoms. The van der Waals surface area contributed by atoms with Crippen LogP contribution in [0.4, 0.5) is 11.4 Å². The highest BCUT2D eigenvalue weighted by atomic mass is 16.6. The van der Waals surface area contributed by atoms with Crippen molar-refractivity contribution in [3.05, 3.63) is 43.5 Å². The van der Waals surface area contributed by atoms with E-state index in [-0.39, 0.29) is 11.1 Å². The SMILES string of the molecule is Cc1c(C(=O)NCCN2CCOCC2)cc([N+](=O)[O-])cc1[N+](=O)[O-]. The number of hydrogen-bond acceptors (Lipinski definition) is 7. The molecule has 1 aromatic rings. The Labute approximate surface area is 137 Å². The van der Waals surface area contributed by atoms with Crippen LogP contribution in [0.5, 0.6) is 0 Å². The molecule has 1 aliphatic heterocycles. The van der Waals surface area contributed by atoms with Crippen LogP contribution in [0.3, 0.4) is 0 Å². The van der Waals surface area contributed by atoms with Crippen molar-refractivity contribution in [2.75, 3.05) is 39.4 Å². The predicted octanol–water partition coefficient (Wildman–Crippen LogP) is 0.873. The van der Waals surface area contributed by atoms with Crippen LogP contribution in [-0.2, 0) is 4.74 Å². The Morgan fingerprint density at radius 2 is 1.92 bits per heavy atom. The Morgan fingerprint density at radius 3 is 2.50 bits per heavy atom. The van der Waals surface area contributed by atoms with Gasteiger partial charge < -0.3 is 10.1 Å². The van der Waals surface area contributed by atoms with Gasteiger partial charge in [-0.25, -0.2) is 0 Å². The van der Waals surface area contributed by atoms with E-state index in [1.54, 1.807) is 0 Å². The summed E-state index contributed by atoms with van der Waals surface area (Å²) >= 11 is 0. The Balaban J connectivity index is 2.09. The number of rotatable bonds is 6. The standard InChI is InChI=1S/C14H18N4O6/c1-10-12(8-11(17(20)21)9-13(10)18(22)23)14(19)15-2-3-16-4-6-24-7-5-16/h8-9H,2-7H2,1H3,(H,15,19). The van der Waals surface area contributed by atoms with E-state index < -0.39 is 27.1 Å². The first-order valence-corrected chi connectivity index (χ1v) is 7.42. The molecule has 1 fully saturated rings. The van der Waals surface area contributed by atoms with E-state index in [9.17, 15) is 25.0 Å². The molecule has 0 radical (unpaired) electrons. The number of nitrogens with one attached hydrogen (secondary N) is 1. The number of amides is 1. The van der Waals surface area contributed by atoms with Crippen molar-refractivity contribution in [1.29, 1.82) is 0 Å². The van der Waals surface area contributed by atoms with Gasteiger partial charge in [0.15, 0.2) is 0 Å². The first kappa shape index (κ1) is 17.8. The Hall–Kier alpha value is -2.59. The molecule has 10 nitrogen and oxygen atoms in total. The molecule has 1 aromatic carbocycles. The molecule has 0 atom stereocenters. The van der Waals surface area contributed by atoms with Crippen molar-refractivity contribution in [3.63, 3.8) is 0 Å². The Bertz CT molecular complexity index is 657. The largest absolute Gasteiger partial charge is 0.379 e. The molecule has 24 heavy (non-hydrogen) atoms. The third kappa shape index (κ3) is 4.24. The van der Waals surface area contributed by atoms with Gasteiger partial charge in [0, 0.05) is 37.8 Å². The number of non-ortho nitro benzene ring substituents is 1. The fourth-order valence-corrected chi connectivity index (χ4v) is 2.46. The maximum atomic E-state index is 12.3. The van der Waals surface area contributed by atoms with Crippen molar-refractivity contribution >= 4 is 17.3 Å². The zero-order valence-electron chi connectivity index (χ0n) is 13.2. The van der Waals surface area contributed by atoms with Gasteiger partial charge in [-0.3, -0.25) is 29.9 Å². The van der Waals surface area contributed by atoms with E-state index in [1.807, 2.05) is 0 Å². The van der Waals surface area contributed by atoms with Gasteiger partial charge in [0.2, 0.25) is 0 Å². The van der Waals surface area contributed by atoms with Crippen LogP contribution in [0, 0.1) is 27.2 Å². The summed E-state index contributed by atoms with van der Waals surface area (Å²) in [5.74, 6) is -0.562. The first-order valence-electron chi connectivity index (χ1n) is 7.42. The van der Waals surface area contributed by atoms with E-state index in [0.29, 0.717) is 26.3 Å². The summed E-state index contributed by atoms with van der Waals surface area (Å²) in [5.41, 5.74) is -0.875. The summed E-state index contributed by atoms with van der Waals surface area (Å²) in [6.45, 7) is 5.20. The predicted molar refractivity (Wildman–Crippen MR) is 84.1 cm³/mol. The second kappa shape index (κ2) is 7.79. The monoisotopic (exact) mass is 338 g/mol. The molecular formula is C14H18N4O6. The van der Waals surface area contributed by atoms with Gasteiger partial charge in [0.05, 0.1) is 34.7 Å². The van der Waals surface area contributed by atoms with Gasteiger partial charge in [0.25, 0.3) is 17.3 Å². The molecular weight excluding hydrogens is 320 g/mol. The molecule has 1 amide bonds. The minimum atomic E-state index is -0.753. The van der Waals surface area contributed by atoms with Crippen LogP contribution >= 0.6 is 0 Å². The normalized spacial score (nSPS) is 15.0. The van der Waals surface area contributed by atoms with Crippen molar-refractivity contribution in [2.45, 2.75) is 6.92 Å². The molecule has 0 aliphatic carbocycles. The molecule has 10 heteroatoms. The molecule has 1 aliphatic rings. The van der Waals surface area contributed by atoms with Crippen LogP contribution in [0.1, 0.15) is 15.9 Å². The average molecular weight is 338 g/mol. The summed E-state index contributed by atoms with van der Waals surface area (Å²) in [6, 6.07) is 1.92. The molecule has 0 unspecified atom stereocenters. The number of ether oxygens (including phenoxy) is 1. The number of nitro groups is 2. The molecule has 130 valence electrons. The van der Waals surface area contributed by atoms with E-state index in [4.69, 9.17) is 4.74 Å². The number of benzene rings is 1. The summed E-state index contributed by atoms with van der Waals surface area (Å²) in [4.78, 5) is 34.8. The van der Waals surface area contributed by atoms with Gasteiger partial charge in [-0.1, -0.05) is 0 Å². The highest BCUT2D eigenvalue weighted by Gasteiger charge is 2.24. The minimum absolute atomic E-state index is 0.0575. The van der Waals surface area contributed by atoms with Crippen molar-refractivity contribution in [2.24, 2.45) is 0 Å². The highest BCUT2D eigenvalue weighted by molar-refractivity contribution is 5.97. The highest BCUT2D eigenvalue weighted by Crippen LogP contribution is 2.27. The number of carbonyl (C=O) groups is 1. The van der Waals surface area contributed by atoms with Crippen molar-refractivity contribution in [3.8, 4) is 0 Å². The van der Waals surface area contributed by atoms with Crippen LogP contribution in [-0.4, -0.2) is 60.0 Å². The zero-order valence-corrected chi connectivity index (χ0v) is 13.2. The number of carbonyl (C=O) groups excluding carboxylic acids is 1. The number of morpholine rings is 1. The quantitative estimate of drug-likeness (QED) is 0.602. The maximum absolute atomic E-state index is 12.3. The number of hydrogen-bond donors (Lipinski definition) is 1. The number of nitrogens with zero attached hydrogens (tertiary/aromatic N) is 3. The molecule has 2 rings (SSSR count). The molecule has 1 N–H and O–H groups in total. The molecule has 1 heterocycles. The molecule has 0 saturated carbocycles. The second-order valence-electron chi connectivity index (χ2n) is 5.36. The van der Waals surface area contributed by atoms with Crippen LogP contribution in [0.25, 0.3) is 0 Å². The van der Waals surface area contributed by atoms with E-state index in [0.717, 1.165) is 25.2 Å². The van der Waals surface area contributed by atoms with Crippen LogP contribution < -0.4 is 5.32 Å². The van der Waals surface area contributed by atoms with Gasteiger partial charge in [-0.15, -0.1) is 0 Å².